The Balaban J connectivity index is 1.25. The van der Waals surface area contributed by atoms with Crippen molar-refractivity contribution in [2.45, 2.75) is 0 Å². The standard InChI is InChI=1S/C78H48N6OS/c1-8-26-49(27-9-1)56-44-46-63-68(58-40-22-24-42-62(58)85-63)70(56)73-61(77-66(52-32-14-4-15-33-52)75(79-83-81-77)54-36-18-6-19-37-54)48-60(51-30-12-3-13-31-51)72(71-57(50-28-10-2-11-29-50)45-47-65-69(71)59-41-23-25-43-64(59)86-65)74(73)78-67(53-34-16-5-17-35-53)76(80-84-82-78)55-38-20-7-21-39-55/h1-48H. The molecule has 4 aromatic heterocycles. The first-order chi connectivity index (χ1) is 42.7. The lowest BCUT2D eigenvalue weighted by molar-refractivity contribution is 0.669. The average molecular weight is 1120 g/mol. The molecule has 0 saturated carbocycles. The van der Waals surface area contributed by atoms with E-state index in [1.54, 1.807) is 11.3 Å². The lowest BCUT2D eigenvalue weighted by Crippen LogP contribution is -2.07. The van der Waals surface area contributed by atoms with Crippen LogP contribution in [-0.2, 0) is 0 Å². The van der Waals surface area contributed by atoms with Gasteiger partial charge < -0.3 is 4.42 Å². The van der Waals surface area contributed by atoms with Crippen molar-refractivity contribution < 1.29 is 4.42 Å². The monoisotopic (exact) mass is 1120 g/mol. The van der Waals surface area contributed by atoms with Crippen LogP contribution < -0.4 is 0 Å². The molecule has 0 spiro atoms. The van der Waals surface area contributed by atoms with E-state index in [0.29, 0.717) is 22.8 Å². The maximum atomic E-state index is 7.04. The second-order valence-electron chi connectivity index (χ2n) is 21.3. The molecule has 86 heavy (non-hydrogen) atoms. The maximum Gasteiger partial charge on any atom is 0.136 e. The first kappa shape index (κ1) is 50.4. The van der Waals surface area contributed by atoms with Crippen LogP contribution in [0, 0.1) is 0 Å². The number of thiophene rings is 1. The van der Waals surface area contributed by atoms with Crippen molar-refractivity contribution in [3.8, 4) is 123 Å². The van der Waals surface area contributed by atoms with Gasteiger partial charge in [-0.25, -0.2) is 0 Å². The lowest BCUT2D eigenvalue weighted by atomic mass is 9.75. The number of aromatic nitrogens is 6. The molecule has 0 atom stereocenters. The van der Waals surface area contributed by atoms with Gasteiger partial charge >= 0.3 is 0 Å². The number of benzene rings is 12. The van der Waals surface area contributed by atoms with Crippen LogP contribution >= 0.6 is 11.3 Å². The van der Waals surface area contributed by atoms with Crippen LogP contribution in [0.15, 0.2) is 296 Å². The number of nitrogens with zero attached hydrogens (tertiary/aromatic N) is 6. The van der Waals surface area contributed by atoms with Crippen LogP contribution in [0.2, 0.25) is 0 Å². The fraction of sp³-hybridized carbons (Fsp3) is 0. The quantitative estimate of drug-likeness (QED) is 0.127. The molecule has 0 N–H and O–H groups in total. The molecule has 0 aliphatic heterocycles. The molecule has 16 rings (SSSR count). The smallest absolute Gasteiger partial charge is 0.136 e. The Bertz CT molecular complexity index is 5190. The van der Waals surface area contributed by atoms with Gasteiger partial charge in [0, 0.05) is 86.6 Å². The minimum Gasteiger partial charge on any atom is -0.456 e. The highest BCUT2D eigenvalue weighted by molar-refractivity contribution is 7.26. The number of hydrogen-bond acceptors (Lipinski definition) is 8. The summed E-state index contributed by atoms with van der Waals surface area (Å²) in [5.74, 6) is 0. The predicted octanol–water partition coefficient (Wildman–Crippen LogP) is 20.7. The maximum absolute atomic E-state index is 7.04. The van der Waals surface area contributed by atoms with E-state index in [-0.39, 0.29) is 0 Å². The summed E-state index contributed by atoms with van der Waals surface area (Å²) >= 11 is 1.81. The summed E-state index contributed by atoms with van der Waals surface area (Å²) in [5, 5.41) is 34.9. The normalized spacial score (nSPS) is 11.5. The molecule has 0 aliphatic carbocycles. The SMILES string of the molecule is c1ccc(-c2cc(-c3nnnc(-c4ccccc4)c3-c3ccccc3)c(-c3c(-c4ccccc4)ccc4oc5ccccc5c34)c(-c3nnnc(-c4ccccc4)c3-c3ccccc3)c2-c2c(-c3ccccc3)ccc3sc4ccccc4c23)cc1. The summed E-state index contributed by atoms with van der Waals surface area (Å²) in [6.45, 7) is 0. The van der Waals surface area contributed by atoms with E-state index < -0.39 is 0 Å². The highest BCUT2D eigenvalue weighted by Crippen LogP contribution is 2.59. The molecule has 402 valence electrons. The zero-order valence-corrected chi connectivity index (χ0v) is 47.0. The zero-order chi connectivity index (χ0) is 56.9. The van der Waals surface area contributed by atoms with Crippen LogP contribution in [0.4, 0.5) is 0 Å². The minimum atomic E-state index is 0.625. The van der Waals surface area contributed by atoms with Crippen LogP contribution in [0.3, 0.4) is 0 Å². The van der Waals surface area contributed by atoms with Gasteiger partial charge in [-0.1, -0.05) is 261 Å². The van der Waals surface area contributed by atoms with Crippen LogP contribution in [0.1, 0.15) is 0 Å². The van der Waals surface area contributed by atoms with Crippen LogP contribution in [0.5, 0.6) is 0 Å². The lowest BCUT2D eigenvalue weighted by Gasteiger charge is -2.28. The average Bonchev–Trinajstić information content (AvgIpc) is 1.50. The molecule has 0 radical (unpaired) electrons. The molecule has 0 bridgehead atoms. The number of furan rings is 1. The Labute approximate surface area is 499 Å². The van der Waals surface area contributed by atoms with Crippen molar-refractivity contribution in [1.82, 2.24) is 30.8 Å². The van der Waals surface area contributed by atoms with Gasteiger partial charge in [-0.05, 0) is 85.3 Å². The Morgan fingerprint density at radius 1 is 0.233 bits per heavy atom. The van der Waals surface area contributed by atoms with E-state index in [0.717, 1.165) is 138 Å². The molecule has 0 fully saturated rings. The summed E-state index contributed by atoms with van der Waals surface area (Å²) in [6.07, 6.45) is 0. The summed E-state index contributed by atoms with van der Waals surface area (Å²) < 4.78 is 9.38. The Hall–Kier alpha value is -11.3. The largest absolute Gasteiger partial charge is 0.456 e. The van der Waals surface area contributed by atoms with Crippen molar-refractivity contribution in [3.63, 3.8) is 0 Å². The van der Waals surface area contributed by atoms with E-state index in [1.807, 2.05) is 36.4 Å². The van der Waals surface area contributed by atoms with Gasteiger partial charge in [0.25, 0.3) is 0 Å². The molecule has 0 unspecified atom stereocenters. The van der Waals surface area contributed by atoms with E-state index in [1.165, 1.54) is 4.70 Å². The zero-order valence-electron chi connectivity index (χ0n) is 46.2. The molecule has 0 saturated heterocycles. The summed E-state index contributed by atoms with van der Waals surface area (Å²) in [6, 6.07) is 102. The van der Waals surface area contributed by atoms with Gasteiger partial charge in [0.2, 0.25) is 0 Å². The summed E-state index contributed by atoms with van der Waals surface area (Å²) in [7, 11) is 0. The highest BCUT2D eigenvalue weighted by atomic mass is 32.1. The number of fused-ring (bicyclic) bond motifs is 6. The van der Waals surface area contributed by atoms with Crippen molar-refractivity contribution >= 4 is 53.4 Å². The van der Waals surface area contributed by atoms with Gasteiger partial charge in [-0.3, -0.25) is 0 Å². The van der Waals surface area contributed by atoms with Gasteiger partial charge in [0.15, 0.2) is 0 Å². The third-order valence-electron chi connectivity index (χ3n) is 16.4. The fourth-order valence-corrected chi connectivity index (χ4v) is 13.8. The molecule has 12 aromatic carbocycles. The van der Waals surface area contributed by atoms with Crippen LogP contribution in [-0.4, -0.2) is 30.8 Å². The third-order valence-corrected chi connectivity index (χ3v) is 17.5. The summed E-state index contributed by atoms with van der Waals surface area (Å²) in [5.41, 5.74) is 20.8. The fourth-order valence-electron chi connectivity index (χ4n) is 12.7. The molecular weight excluding hydrogens is 1070 g/mol. The first-order valence-electron chi connectivity index (χ1n) is 28.7. The second-order valence-corrected chi connectivity index (χ2v) is 22.4. The van der Waals surface area contributed by atoms with E-state index in [9.17, 15) is 0 Å². The van der Waals surface area contributed by atoms with E-state index >= 15 is 0 Å². The van der Waals surface area contributed by atoms with Crippen LogP contribution in [0.25, 0.3) is 165 Å². The van der Waals surface area contributed by atoms with Crippen molar-refractivity contribution in [2.24, 2.45) is 0 Å². The number of hydrogen-bond donors (Lipinski definition) is 0. The van der Waals surface area contributed by atoms with Gasteiger partial charge in [-0.15, -0.1) is 31.7 Å². The molecule has 4 heterocycles. The topological polar surface area (TPSA) is 90.5 Å². The molecule has 7 nitrogen and oxygen atoms in total. The molecule has 0 aliphatic rings. The molecular formula is C78H48N6OS. The number of para-hydroxylation sites is 1. The molecule has 0 amide bonds. The predicted molar refractivity (Wildman–Crippen MR) is 353 cm³/mol. The molecule has 8 heteroatoms. The van der Waals surface area contributed by atoms with Crippen molar-refractivity contribution in [2.75, 3.05) is 0 Å². The van der Waals surface area contributed by atoms with Crippen molar-refractivity contribution in [1.29, 1.82) is 0 Å². The first-order valence-corrected chi connectivity index (χ1v) is 29.5. The van der Waals surface area contributed by atoms with Gasteiger partial charge in [0.05, 0.1) is 0 Å². The Kier molecular flexibility index (Phi) is 12.6. The minimum absolute atomic E-state index is 0.625. The van der Waals surface area contributed by atoms with E-state index in [4.69, 9.17) is 35.2 Å². The van der Waals surface area contributed by atoms with Gasteiger partial charge in [0.1, 0.15) is 33.9 Å². The molecule has 16 aromatic rings. The third kappa shape index (κ3) is 8.58. The number of rotatable bonds is 11. The van der Waals surface area contributed by atoms with Gasteiger partial charge in [-0.2, -0.15) is 0 Å². The Morgan fingerprint density at radius 3 is 1.20 bits per heavy atom. The van der Waals surface area contributed by atoms with E-state index in [2.05, 4.69) is 255 Å². The second kappa shape index (κ2) is 21.5. The van der Waals surface area contributed by atoms with Crippen molar-refractivity contribution in [3.05, 3.63) is 291 Å². The highest BCUT2D eigenvalue weighted by Gasteiger charge is 2.35. The summed E-state index contributed by atoms with van der Waals surface area (Å²) in [4.78, 5) is 0. The Morgan fingerprint density at radius 2 is 0.640 bits per heavy atom.